The number of carbonyl (C=O) groups excluding carboxylic acids is 2. The second kappa shape index (κ2) is 4.56. The third-order valence-corrected chi connectivity index (χ3v) is 2.31. The van der Waals surface area contributed by atoms with Gasteiger partial charge in [0.25, 0.3) is 11.8 Å². The molecule has 2 heterocycles. The van der Waals surface area contributed by atoms with Gasteiger partial charge in [-0.05, 0) is 24.3 Å². The van der Waals surface area contributed by atoms with Crippen LogP contribution in [0.15, 0.2) is 36.7 Å². The predicted molar refractivity (Wildman–Crippen MR) is 61.1 cm³/mol. The lowest BCUT2D eigenvalue weighted by Gasteiger charge is -2.06. The molecule has 2 aromatic rings. The van der Waals surface area contributed by atoms with Crippen LogP contribution in [-0.2, 0) is 7.05 Å². The zero-order chi connectivity index (χ0) is 12.3. The van der Waals surface area contributed by atoms with Crippen molar-refractivity contribution in [2.24, 2.45) is 7.05 Å². The van der Waals surface area contributed by atoms with Crippen LogP contribution in [0.3, 0.4) is 0 Å². The first-order valence-corrected chi connectivity index (χ1v) is 5.04. The summed E-state index contributed by atoms with van der Waals surface area (Å²) in [6, 6.07) is 6.73. The predicted octanol–water partition coefficient (Wildman–Crippen LogP) is 0.428. The smallest absolute Gasteiger partial charge is 0.286 e. The number of rotatable bonds is 2. The Morgan fingerprint density at radius 3 is 2.53 bits per heavy atom. The van der Waals surface area contributed by atoms with E-state index in [1.165, 1.54) is 0 Å². The number of amides is 2. The molecule has 88 valence electrons. The summed E-state index contributed by atoms with van der Waals surface area (Å²) in [5.74, 6) is -0.755. The van der Waals surface area contributed by atoms with E-state index in [0.29, 0.717) is 11.4 Å². The molecule has 2 rings (SSSR count). The molecule has 0 aliphatic rings. The van der Waals surface area contributed by atoms with E-state index in [2.05, 4.69) is 15.8 Å². The molecule has 0 aromatic carbocycles. The Bertz CT molecular complexity index is 527. The first-order valence-electron chi connectivity index (χ1n) is 5.04. The molecule has 2 aromatic heterocycles. The maximum absolute atomic E-state index is 11.6. The fourth-order valence-corrected chi connectivity index (χ4v) is 1.41. The second-order valence-corrected chi connectivity index (χ2v) is 3.50. The molecule has 0 bridgehead atoms. The molecule has 6 heteroatoms. The fourth-order valence-electron chi connectivity index (χ4n) is 1.41. The van der Waals surface area contributed by atoms with Gasteiger partial charge in [-0.2, -0.15) is 0 Å². The second-order valence-electron chi connectivity index (χ2n) is 3.50. The van der Waals surface area contributed by atoms with E-state index >= 15 is 0 Å². The van der Waals surface area contributed by atoms with Crippen LogP contribution in [0.4, 0.5) is 0 Å². The minimum Gasteiger partial charge on any atom is -0.357 e. The highest BCUT2D eigenvalue weighted by Gasteiger charge is 2.10. The number of aromatic amines is 1. The summed E-state index contributed by atoms with van der Waals surface area (Å²) in [6.45, 7) is 0. The van der Waals surface area contributed by atoms with Gasteiger partial charge in [0.15, 0.2) is 0 Å². The van der Waals surface area contributed by atoms with E-state index in [1.54, 1.807) is 48.3 Å². The molecule has 0 radical (unpaired) electrons. The molecule has 0 atom stereocenters. The number of aryl methyl sites for hydroxylation is 1. The zero-order valence-electron chi connectivity index (χ0n) is 9.23. The Labute approximate surface area is 97.6 Å². The van der Waals surface area contributed by atoms with E-state index in [0.717, 1.165) is 0 Å². The molecule has 3 N–H and O–H groups in total. The molecule has 0 aliphatic heterocycles. The van der Waals surface area contributed by atoms with Gasteiger partial charge in [-0.1, -0.05) is 0 Å². The minimum atomic E-state index is -0.391. The van der Waals surface area contributed by atoms with Gasteiger partial charge >= 0.3 is 0 Å². The van der Waals surface area contributed by atoms with Gasteiger partial charge in [0.05, 0.1) is 0 Å². The highest BCUT2D eigenvalue weighted by atomic mass is 16.2. The molecule has 17 heavy (non-hydrogen) atoms. The Morgan fingerprint density at radius 1 is 1.18 bits per heavy atom. The maximum atomic E-state index is 11.6. The van der Waals surface area contributed by atoms with Crippen LogP contribution in [-0.4, -0.2) is 21.4 Å². The van der Waals surface area contributed by atoms with Gasteiger partial charge in [-0.3, -0.25) is 20.4 Å². The first-order chi connectivity index (χ1) is 8.18. The normalized spacial score (nSPS) is 9.94. The Balaban J connectivity index is 1.93. The van der Waals surface area contributed by atoms with Crippen LogP contribution in [0.5, 0.6) is 0 Å². The largest absolute Gasteiger partial charge is 0.357 e. The summed E-state index contributed by atoms with van der Waals surface area (Å²) in [5.41, 5.74) is 5.51. The van der Waals surface area contributed by atoms with Crippen molar-refractivity contribution in [1.29, 1.82) is 0 Å². The summed E-state index contributed by atoms with van der Waals surface area (Å²) in [6.07, 6.45) is 3.38. The third kappa shape index (κ3) is 2.36. The van der Waals surface area contributed by atoms with Gasteiger partial charge in [0.1, 0.15) is 11.4 Å². The number of nitrogens with one attached hydrogen (secondary N) is 3. The molecular formula is C11H12N4O2. The zero-order valence-corrected chi connectivity index (χ0v) is 9.23. The average Bonchev–Trinajstić information content (AvgIpc) is 2.95. The summed E-state index contributed by atoms with van der Waals surface area (Å²) < 4.78 is 1.66. The van der Waals surface area contributed by atoms with E-state index in [9.17, 15) is 9.59 Å². The molecule has 0 fully saturated rings. The number of hydrogen-bond acceptors (Lipinski definition) is 2. The van der Waals surface area contributed by atoms with Crippen molar-refractivity contribution in [1.82, 2.24) is 20.4 Å². The Kier molecular flexibility index (Phi) is 2.95. The van der Waals surface area contributed by atoms with Crippen molar-refractivity contribution in [3.8, 4) is 0 Å². The van der Waals surface area contributed by atoms with Gasteiger partial charge in [0, 0.05) is 19.4 Å². The number of carbonyl (C=O) groups is 2. The van der Waals surface area contributed by atoms with Gasteiger partial charge in [-0.15, -0.1) is 0 Å². The maximum Gasteiger partial charge on any atom is 0.286 e. The fraction of sp³-hybridized carbons (Fsp3) is 0.0909. The Morgan fingerprint density at radius 2 is 1.94 bits per heavy atom. The minimum absolute atomic E-state index is 0.364. The van der Waals surface area contributed by atoms with Crippen LogP contribution in [0, 0.1) is 0 Å². The van der Waals surface area contributed by atoms with E-state index in [1.807, 2.05) is 0 Å². The standard InChI is InChI=1S/C11H12N4O2/c1-15-7-3-5-9(15)11(17)14-13-10(16)8-4-2-6-12-8/h2-7,12H,1H3,(H,13,16)(H,14,17). The van der Waals surface area contributed by atoms with E-state index in [-0.39, 0.29) is 5.91 Å². The van der Waals surface area contributed by atoms with E-state index < -0.39 is 5.91 Å². The van der Waals surface area contributed by atoms with Crippen molar-refractivity contribution < 1.29 is 9.59 Å². The lowest BCUT2D eigenvalue weighted by Crippen LogP contribution is -2.42. The van der Waals surface area contributed by atoms with Crippen molar-refractivity contribution in [3.63, 3.8) is 0 Å². The highest BCUT2D eigenvalue weighted by Crippen LogP contribution is 1.98. The van der Waals surface area contributed by atoms with Crippen LogP contribution >= 0.6 is 0 Å². The highest BCUT2D eigenvalue weighted by molar-refractivity contribution is 5.97. The summed E-state index contributed by atoms with van der Waals surface area (Å²) in [5, 5.41) is 0. The third-order valence-electron chi connectivity index (χ3n) is 2.31. The van der Waals surface area contributed by atoms with Crippen LogP contribution in [0.25, 0.3) is 0 Å². The molecule has 6 nitrogen and oxygen atoms in total. The number of hydrazine groups is 1. The van der Waals surface area contributed by atoms with Gasteiger partial charge in [-0.25, -0.2) is 0 Å². The van der Waals surface area contributed by atoms with E-state index in [4.69, 9.17) is 0 Å². The van der Waals surface area contributed by atoms with Crippen LogP contribution in [0.2, 0.25) is 0 Å². The lowest BCUT2D eigenvalue weighted by atomic mass is 10.4. The number of hydrogen-bond donors (Lipinski definition) is 3. The van der Waals surface area contributed by atoms with Gasteiger partial charge < -0.3 is 9.55 Å². The number of H-pyrrole nitrogens is 1. The summed E-state index contributed by atoms with van der Waals surface area (Å²) >= 11 is 0. The molecule has 0 unspecified atom stereocenters. The monoisotopic (exact) mass is 232 g/mol. The van der Waals surface area contributed by atoms with Crippen molar-refractivity contribution in [2.75, 3.05) is 0 Å². The molecule has 0 spiro atoms. The molecular weight excluding hydrogens is 220 g/mol. The SMILES string of the molecule is Cn1cccc1C(=O)NNC(=O)c1ccc[nH]1. The van der Waals surface area contributed by atoms with Crippen LogP contribution < -0.4 is 10.9 Å². The number of aromatic nitrogens is 2. The molecule has 0 saturated heterocycles. The summed E-state index contributed by atoms with van der Waals surface area (Å²) in [7, 11) is 1.75. The number of nitrogens with zero attached hydrogens (tertiary/aromatic N) is 1. The molecule has 2 amide bonds. The van der Waals surface area contributed by atoms with Gasteiger partial charge in [0.2, 0.25) is 0 Å². The van der Waals surface area contributed by atoms with Crippen molar-refractivity contribution >= 4 is 11.8 Å². The lowest BCUT2D eigenvalue weighted by molar-refractivity contribution is 0.0840. The molecule has 0 saturated carbocycles. The van der Waals surface area contributed by atoms with Crippen molar-refractivity contribution in [2.45, 2.75) is 0 Å². The van der Waals surface area contributed by atoms with Crippen LogP contribution in [0.1, 0.15) is 21.0 Å². The average molecular weight is 232 g/mol. The topological polar surface area (TPSA) is 78.9 Å². The van der Waals surface area contributed by atoms with Crippen molar-refractivity contribution in [3.05, 3.63) is 48.0 Å². The quantitative estimate of drug-likeness (QED) is 0.656. The Hall–Kier alpha value is -2.50. The summed E-state index contributed by atoms with van der Waals surface area (Å²) in [4.78, 5) is 25.9. The first kappa shape index (κ1) is 11.0. The molecule has 0 aliphatic carbocycles.